The van der Waals surface area contributed by atoms with E-state index in [9.17, 15) is 0 Å². The first-order chi connectivity index (χ1) is 10.0. The molecule has 0 radical (unpaired) electrons. The van der Waals surface area contributed by atoms with Crippen molar-refractivity contribution in [2.75, 3.05) is 7.11 Å². The van der Waals surface area contributed by atoms with Crippen molar-refractivity contribution in [2.24, 2.45) is 5.73 Å². The van der Waals surface area contributed by atoms with E-state index >= 15 is 0 Å². The molecule has 0 saturated carbocycles. The monoisotopic (exact) mass is 305 g/mol. The van der Waals surface area contributed by atoms with Gasteiger partial charge in [-0.15, -0.1) is 0 Å². The Morgan fingerprint density at radius 1 is 1.05 bits per heavy atom. The van der Waals surface area contributed by atoms with Gasteiger partial charge in [-0.1, -0.05) is 29.8 Å². The Labute approximate surface area is 130 Å². The maximum atomic E-state index is 6.33. The van der Waals surface area contributed by atoms with Crippen LogP contribution in [0, 0.1) is 0 Å². The molecule has 0 amide bonds. The van der Waals surface area contributed by atoms with Crippen molar-refractivity contribution < 1.29 is 9.47 Å². The summed E-state index contributed by atoms with van der Waals surface area (Å²) in [7, 11) is 1.61. The Hall–Kier alpha value is -1.71. The van der Waals surface area contributed by atoms with Gasteiger partial charge in [0.25, 0.3) is 0 Å². The summed E-state index contributed by atoms with van der Waals surface area (Å²) < 4.78 is 11.0. The molecular weight excluding hydrogens is 286 g/mol. The smallest absolute Gasteiger partial charge is 0.125 e. The van der Waals surface area contributed by atoms with Gasteiger partial charge >= 0.3 is 0 Å². The fourth-order valence-corrected chi connectivity index (χ4v) is 2.31. The summed E-state index contributed by atoms with van der Waals surface area (Å²) >= 11 is 5.98. The summed E-state index contributed by atoms with van der Waals surface area (Å²) in [6.45, 7) is 4.00. The highest BCUT2D eigenvalue weighted by atomic mass is 35.5. The van der Waals surface area contributed by atoms with Gasteiger partial charge in [-0.3, -0.25) is 0 Å². The van der Waals surface area contributed by atoms with Crippen molar-refractivity contribution in [3.8, 4) is 11.5 Å². The Kier molecular flexibility index (Phi) is 5.10. The highest BCUT2D eigenvalue weighted by molar-refractivity contribution is 6.30. The lowest BCUT2D eigenvalue weighted by Gasteiger charge is -2.17. The van der Waals surface area contributed by atoms with E-state index < -0.39 is 0 Å². The quantitative estimate of drug-likeness (QED) is 0.901. The minimum atomic E-state index is -0.273. The van der Waals surface area contributed by atoms with Crippen molar-refractivity contribution in [2.45, 2.75) is 26.0 Å². The van der Waals surface area contributed by atoms with Crippen LogP contribution in [-0.4, -0.2) is 13.2 Å². The standard InChI is InChI=1S/C17H20ClNO2/c1-11(2)21-14-7-4-12(5-8-14)17(19)15-9-6-13(18)10-16(15)20-3/h4-11,17H,19H2,1-3H3. The van der Waals surface area contributed by atoms with E-state index in [1.54, 1.807) is 13.2 Å². The van der Waals surface area contributed by atoms with Crippen molar-refractivity contribution in [3.05, 3.63) is 58.6 Å². The van der Waals surface area contributed by atoms with Gasteiger partial charge in [0.1, 0.15) is 11.5 Å². The van der Waals surface area contributed by atoms with E-state index in [1.807, 2.05) is 50.2 Å². The van der Waals surface area contributed by atoms with Crippen molar-refractivity contribution in [1.29, 1.82) is 0 Å². The second-order valence-corrected chi connectivity index (χ2v) is 5.54. The average Bonchev–Trinajstić information content (AvgIpc) is 2.46. The molecule has 21 heavy (non-hydrogen) atoms. The maximum absolute atomic E-state index is 6.33. The molecule has 4 heteroatoms. The van der Waals surface area contributed by atoms with E-state index in [1.165, 1.54) is 0 Å². The highest BCUT2D eigenvalue weighted by Crippen LogP contribution is 2.31. The molecule has 0 saturated heterocycles. The summed E-state index contributed by atoms with van der Waals surface area (Å²) in [4.78, 5) is 0. The third-order valence-corrected chi connectivity index (χ3v) is 3.38. The molecule has 0 spiro atoms. The van der Waals surface area contributed by atoms with Crippen LogP contribution in [0.1, 0.15) is 31.0 Å². The van der Waals surface area contributed by atoms with Crippen LogP contribution in [-0.2, 0) is 0 Å². The molecule has 0 heterocycles. The van der Waals surface area contributed by atoms with Gasteiger partial charge in [0.05, 0.1) is 19.3 Å². The maximum Gasteiger partial charge on any atom is 0.125 e. The van der Waals surface area contributed by atoms with Crippen LogP contribution in [0.4, 0.5) is 0 Å². The molecule has 2 aromatic carbocycles. The third-order valence-electron chi connectivity index (χ3n) is 3.14. The van der Waals surface area contributed by atoms with Gasteiger partial charge in [0.2, 0.25) is 0 Å². The lowest BCUT2D eigenvalue weighted by Crippen LogP contribution is -2.13. The molecule has 2 rings (SSSR count). The summed E-state index contributed by atoms with van der Waals surface area (Å²) in [5, 5.41) is 0.628. The predicted octanol–water partition coefficient (Wildman–Crippen LogP) is 4.18. The Morgan fingerprint density at radius 3 is 2.29 bits per heavy atom. The Bertz CT molecular complexity index is 596. The van der Waals surface area contributed by atoms with Gasteiger partial charge in [0.15, 0.2) is 0 Å². The summed E-state index contributed by atoms with van der Waals surface area (Å²) in [5.41, 5.74) is 8.22. The molecule has 0 aromatic heterocycles. The fraction of sp³-hybridized carbons (Fsp3) is 0.294. The minimum absolute atomic E-state index is 0.154. The lowest BCUT2D eigenvalue weighted by molar-refractivity contribution is 0.242. The van der Waals surface area contributed by atoms with E-state index in [0.29, 0.717) is 10.8 Å². The summed E-state index contributed by atoms with van der Waals surface area (Å²) in [5.74, 6) is 1.53. The number of rotatable bonds is 5. The van der Waals surface area contributed by atoms with Crippen LogP contribution in [0.2, 0.25) is 5.02 Å². The number of nitrogens with two attached hydrogens (primary N) is 1. The number of hydrogen-bond acceptors (Lipinski definition) is 3. The number of ether oxygens (including phenoxy) is 2. The fourth-order valence-electron chi connectivity index (χ4n) is 2.15. The van der Waals surface area contributed by atoms with Crippen LogP contribution < -0.4 is 15.2 Å². The van der Waals surface area contributed by atoms with E-state index in [2.05, 4.69) is 0 Å². The topological polar surface area (TPSA) is 44.5 Å². The molecule has 0 fully saturated rings. The summed E-state index contributed by atoms with van der Waals surface area (Å²) in [6.07, 6.45) is 0.154. The van der Waals surface area contributed by atoms with Crippen molar-refractivity contribution >= 4 is 11.6 Å². The van der Waals surface area contributed by atoms with Crippen molar-refractivity contribution in [1.82, 2.24) is 0 Å². The molecule has 0 aliphatic rings. The molecular formula is C17H20ClNO2. The van der Waals surface area contributed by atoms with Crippen LogP contribution in [0.25, 0.3) is 0 Å². The molecule has 2 N–H and O–H groups in total. The average molecular weight is 306 g/mol. The molecule has 0 bridgehead atoms. The van der Waals surface area contributed by atoms with Gasteiger partial charge < -0.3 is 15.2 Å². The number of methoxy groups -OCH3 is 1. The molecule has 1 unspecified atom stereocenters. The zero-order valence-electron chi connectivity index (χ0n) is 12.5. The largest absolute Gasteiger partial charge is 0.496 e. The molecule has 1 atom stereocenters. The normalized spacial score (nSPS) is 12.3. The van der Waals surface area contributed by atoms with E-state index in [-0.39, 0.29) is 12.1 Å². The first kappa shape index (κ1) is 15.7. The Morgan fingerprint density at radius 2 is 1.71 bits per heavy atom. The highest BCUT2D eigenvalue weighted by Gasteiger charge is 2.14. The third kappa shape index (κ3) is 3.90. The molecule has 0 aliphatic carbocycles. The van der Waals surface area contributed by atoms with Gasteiger partial charge in [-0.05, 0) is 43.7 Å². The minimum Gasteiger partial charge on any atom is -0.496 e. The van der Waals surface area contributed by atoms with Crippen LogP contribution in [0.15, 0.2) is 42.5 Å². The SMILES string of the molecule is COc1cc(Cl)ccc1C(N)c1ccc(OC(C)C)cc1. The Balaban J connectivity index is 2.25. The van der Waals surface area contributed by atoms with Crippen LogP contribution in [0.3, 0.4) is 0 Å². The van der Waals surface area contributed by atoms with Crippen LogP contribution in [0.5, 0.6) is 11.5 Å². The van der Waals surface area contributed by atoms with Crippen molar-refractivity contribution in [3.63, 3.8) is 0 Å². The van der Waals surface area contributed by atoms with Gasteiger partial charge in [-0.2, -0.15) is 0 Å². The first-order valence-corrected chi connectivity index (χ1v) is 7.24. The first-order valence-electron chi connectivity index (χ1n) is 6.87. The second kappa shape index (κ2) is 6.83. The lowest BCUT2D eigenvalue weighted by atomic mass is 9.98. The van der Waals surface area contributed by atoms with E-state index in [0.717, 1.165) is 16.9 Å². The van der Waals surface area contributed by atoms with Crippen LogP contribution >= 0.6 is 11.6 Å². The molecule has 0 aliphatic heterocycles. The van der Waals surface area contributed by atoms with E-state index in [4.69, 9.17) is 26.8 Å². The zero-order chi connectivity index (χ0) is 15.4. The second-order valence-electron chi connectivity index (χ2n) is 5.10. The molecule has 112 valence electrons. The zero-order valence-corrected chi connectivity index (χ0v) is 13.2. The number of benzene rings is 2. The van der Waals surface area contributed by atoms with Gasteiger partial charge in [0, 0.05) is 10.6 Å². The number of halogens is 1. The molecule has 2 aromatic rings. The predicted molar refractivity (Wildman–Crippen MR) is 86.2 cm³/mol. The number of hydrogen-bond donors (Lipinski definition) is 1. The van der Waals surface area contributed by atoms with Gasteiger partial charge in [-0.25, -0.2) is 0 Å². The summed E-state index contributed by atoms with van der Waals surface area (Å²) in [6, 6.07) is 13.0. The molecule has 3 nitrogen and oxygen atoms in total.